The summed E-state index contributed by atoms with van der Waals surface area (Å²) < 4.78 is 11.6. The highest BCUT2D eigenvalue weighted by Crippen LogP contribution is 2.31. The van der Waals surface area contributed by atoms with Gasteiger partial charge in [-0.3, -0.25) is 0 Å². The molecule has 1 aliphatic heterocycles. The molecular formula is C13H18O2. The van der Waals surface area contributed by atoms with E-state index >= 15 is 0 Å². The van der Waals surface area contributed by atoms with Crippen LogP contribution in [-0.2, 0) is 11.2 Å². The summed E-state index contributed by atoms with van der Waals surface area (Å²) >= 11 is 0. The van der Waals surface area contributed by atoms with Crippen molar-refractivity contribution in [1.29, 1.82) is 0 Å². The van der Waals surface area contributed by atoms with Gasteiger partial charge in [0.05, 0.1) is 6.10 Å². The van der Waals surface area contributed by atoms with Gasteiger partial charge >= 0.3 is 0 Å². The molecule has 15 heavy (non-hydrogen) atoms. The molecule has 82 valence electrons. The van der Waals surface area contributed by atoms with Crippen molar-refractivity contribution in [3.63, 3.8) is 0 Å². The summed E-state index contributed by atoms with van der Waals surface area (Å²) in [5.74, 6) is 1.00. The van der Waals surface area contributed by atoms with Crippen LogP contribution in [-0.4, -0.2) is 18.3 Å². The standard InChI is InChI=1S/C13H18O2/c1-10(2)15-13(3)8-11-6-4-5-7-12(11)14-9-13/h4-7,10H,8-9H2,1-3H3. The molecule has 1 unspecified atom stereocenters. The molecule has 0 amide bonds. The summed E-state index contributed by atoms with van der Waals surface area (Å²) in [6.07, 6.45) is 1.17. The maximum Gasteiger partial charge on any atom is 0.122 e. The molecule has 0 fully saturated rings. The molecule has 1 aromatic rings. The van der Waals surface area contributed by atoms with Crippen LogP contribution in [0.2, 0.25) is 0 Å². The molecule has 1 atom stereocenters. The average molecular weight is 206 g/mol. The van der Waals surface area contributed by atoms with Crippen LogP contribution >= 0.6 is 0 Å². The first kappa shape index (κ1) is 10.5. The van der Waals surface area contributed by atoms with Crippen LogP contribution < -0.4 is 4.74 Å². The molecule has 1 heterocycles. The number of ether oxygens (including phenoxy) is 2. The lowest BCUT2D eigenvalue weighted by atomic mass is 9.94. The van der Waals surface area contributed by atoms with Crippen molar-refractivity contribution < 1.29 is 9.47 Å². The van der Waals surface area contributed by atoms with Crippen LogP contribution in [0.5, 0.6) is 5.75 Å². The fraction of sp³-hybridized carbons (Fsp3) is 0.538. The SMILES string of the molecule is CC(C)OC1(C)COc2ccccc2C1. The van der Waals surface area contributed by atoms with Crippen LogP contribution in [0.4, 0.5) is 0 Å². The van der Waals surface area contributed by atoms with Crippen LogP contribution in [0.25, 0.3) is 0 Å². The molecule has 1 aliphatic rings. The zero-order chi connectivity index (χ0) is 10.9. The predicted octanol–water partition coefficient (Wildman–Crippen LogP) is 2.81. The molecule has 0 aromatic heterocycles. The van der Waals surface area contributed by atoms with E-state index in [9.17, 15) is 0 Å². The van der Waals surface area contributed by atoms with Crippen LogP contribution in [0.15, 0.2) is 24.3 Å². The second kappa shape index (κ2) is 3.86. The molecule has 2 rings (SSSR count). The van der Waals surface area contributed by atoms with E-state index in [-0.39, 0.29) is 11.7 Å². The Morgan fingerprint density at radius 1 is 1.33 bits per heavy atom. The smallest absolute Gasteiger partial charge is 0.122 e. The van der Waals surface area contributed by atoms with Gasteiger partial charge in [-0.1, -0.05) is 18.2 Å². The van der Waals surface area contributed by atoms with Gasteiger partial charge in [-0.2, -0.15) is 0 Å². The van der Waals surface area contributed by atoms with Gasteiger partial charge in [0, 0.05) is 6.42 Å². The van der Waals surface area contributed by atoms with Crippen LogP contribution in [0.1, 0.15) is 26.3 Å². The van der Waals surface area contributed by atoms with Crippen molar-refractivity contribution in [3.8, 4) is 5.75 Å². The molecule has 2 heteroatoms. The Hall–Kier alpha value is -1.02. The number of para-hydroxylation sites is 1. The molecule has 0 aliphatic carbocycles. The molecule has 1 aromatic carbocycles. The number of hydrogen-bond acceptors (Lipinski definition) is 2. The highest BCUT2D eigenvalue weighted by Gasteiger charge is 2.32. The Balaban J connectivity index is 2.17. The zero-order valence-corrected chi connectivity index (χ0v) is 9.62. The fourth-order valence-corrected chi connectivity index (χ4v) is 2.12. The molecular weight excluding hydrogens is 188 g/mol. The van der Waals surface area contributed by atoms with Crippen LogP contribution in [0.3, 0.4) is 0 Å². The van der Waals surface area contributed by atoms with Crippen molar-refractivity contribution in [2.24, 2.45) is 0 Å². The van der Waals surface area contributed by atoms with E-state index in [4.69, 9.17) is 9.47 Å². The first-order valence-electron chi connectivity index (χ1n) is 5.48. The maximum absolute atomic E-state index is 5.91. The van der Waals surface area contributed by atoms with Gasteiger partial charge in [0.25, 0.3) is 0 Å². The largest absolute Gasteiger partial charge is 0.490 e. The molecule has 0 bridgehead atoms. The molecule has 0 N–H and O–H groups in total. The lowest BCUT2D eigenvalue weighted by Crippen LogP contribution is -2.43. The van der Waals surface area contributed by atoms with Gasteiger partial charge in [0.15, 0.2) is 0 Å². The molecule has 0 spiro atoms. The Morgan fingerprint density at radius 2 is 2.07 bits per heavy atom. The average Bonchev–Trinajstić information content (AvgIpc) is 2.15. The van der Waals surface area contributed by atoms with Gasteiger partial charge in [0.1, 0.15) is 18.0 Å². The van der Waals surface area contributed by atoms with Gasteiger partial charge in [0.2, 0.25) is 0 Å². The fourth-order valence-electron chi connectivity index (χ4n) is 2.12. The van der Waals surface area contributed by atoms with Gasteiger partial charge in [-0.25, -0.2) is 0 Å². The Kier molecular flexibility index (Phi) is 2.70. The molecule has 0 radical (unpaired) electrons. The lowest BCUT2D eigenvalue weighted by molar-refractivity contribution is -0.0975. The highest BCUT2D eigenvalue weighted by molar-refractivity contribution is 5.36. The van der Waals surface area contributed by atoms with Crippen LogP contribution in [0, 0.1) is 0 Å². The first-order chi connectivity index (χ1) is 7.09. The van der Waals surface area contributed by atoms with Crippen molar-refractivity contribution in [1.82, 2.24) is 0 Å². The van der Waals surface area contributed by atoms with E-state index in [2.05, 4.69) is 26.8 Å². The topological polar surface area (TPSA) is 18.5 Å². The van der Waals surface area contributed by atoms with E-state index in [1.54, 1.807) is 0 Å². The Bertz CT molecular complexity index is 346. The quantitative estimate of drug-likeness (QED) is 0.740. The summed E-state index contributed by atoms with van der Waals surface area (Å²) in [5.41, 5.74) is 1.06. The van der Waals surface area contributed by atoms with Crippen molar-refractivity contribution in [3.05, 3.63) is 29.8 Å². The third kappa shape index (κ3) is 2.32. The summed E-state index contributed by atoms with van der Waals surface area (Å²) in [5, 5.41) is 0. The number of hydrogen-bond donors (Lipinski definition) is 0. The van der Waals surface area contributed by atoms with Gasteiger partial charge < -0.3 is 9.47 Å². The number of benzene rings is 1. The van der Waals surface area contributed by atoms with Gasteiger partial charge in [-0.05, 0) is 32.4 Å². The molecule has 0 saturated carbocycles. The summed E-state index contributed by atoms with van der Waals surface area (Å²) in [7, 11) is 0. The van der Waals surface area contributed by atoms with E-state index in [1.807, 2.05) is 18.2 Å². The van der Waals surface area contributed by atoms with Gasteiger partial charge in [-0.15, -0.1) is 0 Å². The number of fused-ring (bicyclic) bond motifs is 1. The zero-order valence-electron chi connectivity index (χ0n) is 9.62. The Labute approximate surface area is 91.2 Å². The third-order valence-electron chi connectivity index (χ3n) is 2.59. The maximum atomic E-state index is 5.91. The Morgan fingerprint density at radius 3 is 2.80 bits per heavy atom. The third-order valence-corrected chi connectivity index (χ3v) is 2.59. The summed E-state index contributed by atoms with van der Waals surface area (Å²) in [6.45, 7) is 6.88. The lowest BCUT2D eigenvalue weighted by Gasteiger charge is -2.36. The minimum atomic E-state index is -0.178. The first-order valence-corrected chi connectivity index (χ1v) is 5.48. The minimum Gasteiger partial charge on any atom is -0.490 e. The molecule has 2 nitrogen and oxygen atoms in total. The van der Waals surface area contributed by atoms with E-state index in [0.29, 0.717) is 6.61 Å². The van der Waals surface area contributed by atoms with E-state index in [1.165, 1.54) is 5.56 Å². The second-order valence-corrected chi connectivity index (χ2v) is 4.69. The van der Waals surface area contributed by atoms with E-state index < -0.39 is 0 Å². The molecule has 0 saturated heterocycles. The summed E-state index contributed by atoms with van der Waals surface area (Å²) in [4.78, 5) is 0. The summed E-state index contributed by atoms with van der Waals surface area (Å²) in [6, 6.07) is 8.18. The minimum absolute atomic E-state index is 0.178. The van der Waals surface area contributed by atoms with E-state index in [0.717, 1.165) is 12.2 Å². The van der Waals surface area contributed by atoms with Crippen molar-refractivity contribution in [2.75, 3.05) is 6.61 Å². The monoisotopic (exact) mass is 206 g/mol. The predicted molar refractivity (Wildman–Crippen MR) is 60.3 cm³/mol. The van der Waals surface area contributed by atoms with Crippen molar-refractivity contribution >= 4 is 0 Å². The second-order valence-electron chi connectivity index (χ2n) is 4.69. The van der Waals surface area contributed by atoms with Crippen molar-refractivity contribution in [2.45, 2.75) is 38.9 Å². The highest BCUT2D eigenvalue weighted by atomic mass is 16.6. The normalized spacial score (nSPS) is 24.8. The number of rotatable bonds is 2.